The number of aryl methyl sites for hydroxylation is 2. The van der Waals surface area contributed by atoms with Crippen molar-refractivity contribution in [3.05, 3.63) is 60.2 Å². The van der Waals surface area contributed by atoms with Crippen molar-refractivity contribution in [3.8, 4) is 0 Å². The van der Waals surface area contributed by atoms with Gasteiger partial charge in [-0.3, -0.25) is 4.79 Å². The Bertz CT molecular complexity index is 1190. The van der Waals surface area contributed by atoms with Crippen LogP contribution in [-0.2, 0) is 27.6 Å². The van der Waals surface area contributed by atoms with Crippen LogP contribution in [0.1, 0.15) is 25.8 Å². The first-order valence-electron chi connectivity index (χ1n) is 11.0. The summed E-state index contributed by atoms with van der Waals surface area (Å²) in [6.07, 6.45) is 1.40. The van der Waals surface area contributed by atoms with Gasteiger partial charge in [0.15, 0.2) is 15.0 Å². The summed E-state index contributed by atoms with van der Waals surface area (Å²) >= 11 is 1.45. The summed E-state index contributed by atoms with van der Waals surface area (Å²) in [5, 5.41) is 0.462. The van der Waals surface area contributed by atoms with E-state index in [1.807, 2.05) is 50.2 Å². The van der Waals surface area contributed by atoms with Gasteiger partial charge < -0.3 is 9.47 Å². The minimum absolute atomic E-state index is 0.0266. The fourth-order valence-electron chi connectivity index (χ4n) is 4.30. The van der Waals surface area contributed by atoms with Gasteiger partial charge in [-0.05, 0) is 44.4 Å². The molecule has 1 aromatic heterocycles. The lowest BCUT2D eigenvalue weighted by Crippen LogP contribution is -2.44. The van der Waals surface area contributed by atoms with Crippen LogP contribution in [-0.4, -0.2) is 58.1 Å². The zero-order chi connectivity index (χ0) is 22.7. The Morgan fingerprint density at radius 3 is 2.59 bits per heavy atom. The number of para-hydroxylation sites is 2. The van der Waals surface area contributed by atoms with Gasteiger partial charge >= 0.3 is 0 Å². The van der Waals surface area contributed by atoms with Crippen molar-refractivity contribution in [1.82, 2.24) is 14.5 Å². The molecule has 2 atom stereocenters. The molecule has 4 rings (SSSR count). The number of hydrogen-bond donors (Lipinski definition) is 0. The number of amides is 1. The average molecular weight is 472 g/mol. The van der Waals surface area contributed by atoms with E-state index in [0.717, 1.165) is 29.2 Å². The van der Waals surface area contributed by atoms with Crippen molar-refractivity contribution >= 4 is 38.5 Å². The molecule has 2 unspecified atom stereocenters. The van der Waals surface area contributed by atoms with E-state index >= 15 is 0 Å². The molecule has 32 heavy (non-hydrogen) atoms. The summed E-state index contributed by atoms with van der Waals surface area (Å²) in [7, 11) is -3.04. The second kappa shape index (κ2) is 9.67. The number of fused-ring (bicyclic) bond motifs is 1. The van der Waals surface area contributed by atoms with Gasteiger partial charge in [0.1, 0.15) is 0 Å². The Kier molecular flexibility index (Phi) is 6.90. The van der Waals surface area contributed by atoms with Gasteiger partial charge in [-0.2, -0.15) is 0 Å². The van der Waals surface area contributed by atoms with E-state index in [2.05, 4.69) is 22.8 Å². The third-order valence-electron chi connectivity index (χ3n) is 5.99. The Labute approximate surface area is 193 Å². The molecule has 1 aliphatic rings. The van der Waals surface area contributed by atoms with Crippen molar-refractivity contribution in [2.75, 3.05) is 18.1 Å². The summed E-state index contributed by atoms with van der Waals surface area (Å²) in [6, 6.07) is 18.1. The Balaban J connectivity index is 1.54. The lowest BCUT2D eigenvalue weighted by molar-refractivity contribution is -0.131. The standard InChI is InChI=1S/C24H29N3O3S2/c1-3-26(20-14-16-32(29,30)17-20)23(28)18(2)31-24-25-21-11-7-8-12-22(21)27(24)15-13-19-9-5-4-6-10-19/h4-12,18,20H,3,13-17H2,1-2H3. The first-order valence-corrected chi connectivity index (χ1v) is 13.7. The number of aromatic nitrogens is 2. The fraction of sp³-hybridized carbons (Fsp3) is 0.417. The topological polar surface area (TPSA) is 72.3 Å². The smallest absolute Gasteiger partial charge is 0.236 e. The summed E-state index contributed by atoms with van der Waals surface area (Å²) in [5.41, 5.74) is 3.22. The summed E-state index contributed by atoms with van der Waals surface area (Å²) in [5.74, 6) is 0.207. The molecule has 0 radical (unpaired) electrons. The van der Waals surface area contributed by atoms with E-state index in [0.29, 0.717) is 13.0 Å². The number of rotatable bonds is 8. The van der Waals surface area contributed by atoms with E-state index in [4.69, 9.17) is 4.98 Å². The number of sulfone groups is 1. The molecule has 0 aliphatic carbocycles. The maximum atomic E-state index is 13.3. The molecule has 1 fully saturated rings. The molecular weight excluding hydrogens is 442 g/mol. The van der Waals surface area contributed by atoms with Gasteiger partial charge in [-0.15, -0.1) is 0 Å². The lowest BCUT2D eigenvalue weighted by atomic mass is 10.1. The fourth-order valence-corrected chi connectivity index (χ4v) is 7.05. The number of thioether (sulfide) groups is 1. The quantitative estimate of drug-likeness (QED) is 0.468. The summed E-state index contributed by atoms with van der Waals surface area (Å²) in [4.78, 5) is 19.8. The van der Waals surface area contributed by atoms with E-state index in [1.165, 1.54) is 17.3 Å². The van der Waals surface area contributed by atoms with Gasteiger partial charge in [0.2, 0.25) is 5.91 Å². The van der Waals surface area contributed by atoms with E-state index in [1.54, 1.807) is 4.90 Å². The number of carbonyl (C=O) groups excluding carboxylic acids is 1. The molecule has 6 nitrogen and oxygen atoms in total. The molecule has 0 saturated carbocycles. The zero-order valence-corrected chi connectivity index (χ0v) is 20.1. The maximum absolute atomic E-state index is 13.3. The van der Waals surface area contributed by atoms with Crippen molar-refractivity contribution in [2.24, 2.45) is 0 Å². The monoisotopic (exact) mass is 471 g/mol. The first kappa shape index (κ1) is 22.9. The summed E-state index contributed by atoms with van der Waals surface area (Å²) in [6.45, 7) is 5.08. The van der Waals surface area contributed by atoms with Crippen molar-refractivity contribution in [2.45, 2.75) is 49.7 Å². The SMILES string of the molecule is CCN(C(=O)C(C)Sc1nc2ccccc2n1CCc1ccccc1)C1CCS(=O)(=O)C1. The van der Waals surface area contributed by atoms with E-state index in [-0.39, 0.29) is 28.7 Å². The van der Waals surface area contributed by atoms with Crippen LogP contribution in [0.5, 0.6) is 0 Å². The van der Waals surface area contributed by atoms with Crippen molar-refractivity contribution in [1.29, 1.82) is 0 Å². The molecule has 1 amide bonds. The van der Waals surface area contributed by atoms with Crippen LogP contribution in [0.2, 0.25) is 0 Å². The van der Waals surface area contributed by atoms with E-state index in [9.17, 15) is 13.2 Å². The maximum Gasteiger partial charge on any atom is 0.236 e. The Hall–Kier alpha value is -2.32. The number of imidazole rings is 1. The van der Waals surface area contributed by atoms with Gasteiger partial charge in [-0.1, -0.05) is 54.2 Å². The number of nitrogens with zero attached hydrogens (tertiary/aromatic N) is 3. The Morgan fingerprint density at radius 1 is 1.19 bits per heavy atom. The number of hydrogen-bond acceptors (Lipinski definition) is 5. The normalized spacial score (nSPS) is 18.6. The predicted molar refractivity (Wildman–Crippen MR) is 130 cm³/mol. The van der Waals surface area contributed by atoms with Crippen molar-refractivity contribution < 1.29 is 13.2 Å². The van der Waals surface area contributed by atoms with Crippen LogP contribution >= 0.6 is 11.8 Å². The molecule has 1 saturated heterocycles. The van der Waals surface area contributed by atoms with Crippen LogP contribution in [0.25, 0.3) is 11.0 Å². The average Bonchev–Trinajstić information content (AvgIpc) is 3.32. The molecule has 1 aliphatic heterocycles. The third kappa shape index (κ3) is 5.02. The van der Waals surface area contributed by atoms with Crippen LogP contribution in [0.4, 0.5) is 0 Å². The van der Waals surface area contributed by atoms with Crippen LogP contribution < -0.4 is 0 Å². The molecule has 2 aromatic carbocycles. The number of benzene rings is 2. The van der Waals surface area contributed by atoms with E-state index < -0.39 is 9.84 Å². The second-order valence-corrected chi connectivity index (χ2v) is 11.7. The molecule has 170 valence electrons. The molecule has 3 aromatic rings. The minimum atomic E-state index is -3.04. The van der Waals surface area contributed by atoms with Crippen LogP contribution in [0.15, 0.2) is 59.8 Å². The summed E-state index contributed by atoms with van der Waals surface area (Å²) < 4.78 is 26.0. The van der Waals surface area contributed by atoms with Gasteiger partial charge in [-0.25, -0.2) is 13.4 Å². The zero-order valence-electron chi connectivity index (χ0n) is 18.5. The molecule has 0 bridgehead atoms. The molecule has 0 spiro atoms. The highest BCUT2D eigenvalue weighted by Crippen LogP contribution is 2.30. The highest BCUT2D eigenvalue weighted by molar-refractivity contribution is 8.00. The largest absolute Gasteiger partial charge is 0.338 e. The van der Waals surface area contributed by atoms with Crippen LogP contribution in [0, 0.1) is 0 Å². The van der Waals surface area contributed by atoms with Crippen molar-refractivity contribution in [3.63, 3.8) is 0 Å². The van der Waals surface area contributed by atoms with Gasteiger partial charge in [0.25, 0.3) is 0 Å². The van der Waals surface area contributed by atoms with Gasteiger partial charge in [0.05, 0.1) is 27.8 Å². The molecule has 0 N–H and O–H groups in total. The van der Waals surface area contributed by atoms with Crippen LogP contribution in [0.3, 0.4) is 0 Å². The predicted octanol–water partition coefficient (Wildman–Crippen LogP) is 3.80. The first-order chi connectivity index (χ1) is 15.4. The highest BCUT2D eigenvalue weighted by atomic mass is 32.2. The minimum Gasteiger partial charge on any atom is -0.338 e. The molecule has 2 heterocycles. The number of carbonyl (C=O) groups is 1. The van der Waals surface area contributed by atoms with Gasteiger partial charge in [0, 0.05) is 19.1 Å². The lowest BCUT2D eigenvalue weighted by Gasteiger charge is -2.29. The molecule has 8 heteroatoms. The highest BCUT2D eigenvalue weighted by Gasteiger charge is 2.35. The second-order valence-electron chi connectivity index (χ2n) is 8.21. The Morgan fingerprint density at radius 2 is 1.91 bits per heavy atom. The third-order valence-corrected chi connectivity index (χ3v) is 8.82. The molecular formula is C24H29N3O3S2.